The Kier molecular flexibility index (Phi) is 10.6. The standard InChI is InChI=1S/C10H9N3O3.C10H11NO3/c1-2-16-10(15)8(13-11)9(14)7-5-3-4-6-12-7;1-2-14-10(13)7-9(12)8-5-3-4-6-11-8/h3-6H,2H2,1H3;3-6H,2,7H2,1H3. The number of aromatic nitrogens is 2. The van der Waals surface area contributed by atoms with Crippen LogP contribution in [0.15, 0.2) is 48.8 Å². The van der Waals surface area contributed by atoms with Gasteiger partial charge < -0.3 is 15.0 Å². The Balaban J connectivity index is 0.000000303. The topological polar surface area (TPSA) is 149 Å². The summed E-state index contributed by atoms with van der Waals surface area (Å²) in [5, 5.41) is 0. The molecule has 0 aliphatic rings. The molecule has 0 saturated heterocycles. The predicted octanol–water partition coefficient (Wildman–Crippen LogP) is 1.72. The molecule has 2 aromatic heterocycles. The van der Waals surface area contributed by atoms with E-state index in [0.29, 0.717) is 5.69 Å². The molecule has 156 valence electrons. The Labute approximate surface area is 172 Å². The number of rotatable bonds is 8. The molecule has 2 rings (SSSR count). The van der Waals surface area contributed by atoms with Crippen molar-refractivity contribution in [2.45, 2.75) is 20.3 Å². The maximum absolute atomic E-state index is 11.6. The lowest BCUT2D eigenvalue weighted by Crippen LogP contribution is -2.28. The number of nitrogens with zero attached hydrogens (tertiary/aromatic N) is 4. The Morgan fingerprint density at radius 1 is 0.900 bits per heavy atom. The van der Waals surface area contributed by atoms with Crippen molar-refractivity contribution in [2.75, 3.05) is 13.2 Å². The normalized spacial score (nSPS) is 9.27. The minimum absolute atomic E-state index is 0.0170. The minimum Gasteiger partial charge on any atom is -0.466 e. The number of Topliss-reactive ketones (excluding diaryl/α,β-unsaturated/α-hetero) is 2. The van der Waals surface area contributed by atoms with Crippen LogP contribution in [-0.4, -0.2) is 57.2 Å². The molecule has 0 aliphatic heterocycles. The Morgan fingerprint density at radius 3 is 1.93 bits per heavy atom. The second-order valence-electron chi connectivity index (χ2n) is 5.33. The van der Waals surface area contributed by atoms with Crippen molar-refractivity contribution in [3.63, 3.8) is 0 Å². The summed E-state index contributed by atoms with van der Waals surface area (Å²) in [7, 11) is 0. The molecule has 0 radical (unpaired) electrons. The first-order chi connectivity index (χ1) is 14.4. The Bertz CT molecular complexity index is 925. The summed E-state index contributed by atoms with van der Waals surface area (Å²) >= 11 is 0. The van der Waals surface area contributed by atoms with E-state index < -0.39 is 23.4 Å². The molecular weight excluding hydrogens is 392 g/mol. The molecule has 0 spiro atoms. The van der Waals surface area contributed by atoms with Crippen LogP contribution in [-0.2, 0) is 19.1 Å². The molecule has 10 nitrogen and oxygen atoms in total. The van der Waals surface area contributed by atoms with E-state index in [4.69, 9.17) is 5.53 Å². The maximum Gasteiger partial charge on any atom is 0.448 e. The summed E-state index contributed by atoms with van der Waals surface area (Å²) in [5.41, 5.74) is 8.22. The summed E-state index contributed by atoms with van der Waals surface area (Å²) in [6.45, 7) is 3.66. The number of hydrogen-bond acceptors (Lipinski definition) is 8. The van der Waals surface area contributed by atoms with Crippen LogP contribution in [0.1, 0.15) is 41.2 Å². The van der Waals surface area contributed by atoms with Crippen molar-refractivity contribution in [3.05, 3.63) is 65.7 Å². The van der Waals surface area contributed by atoms with Crippen LogP contribution in [0.3, 0.4) is 0 Å². The summed E-state index contributed by atoms with van der Waals surface area (Å²) in [5.74, 6) is -2.57. The highest BCUT2D eigenvalue weighted by molar-refractivity contribution is 6.65. The van der Waals surface area contributed by atoms with Gasteiger partial charge in [-0.05, 0) is 38.1 Å². The van der Waals surface area contributed by atoms with Gasteiger partial charge in [0.1, 0.15) is 17.8 Å². The first-order valence-corrected chi connectivity index (χ1v) is 8.89. The van der Waals surface area contributed by atoms with Gasteiger partial charge in [0.05, 0.1) is 13.2 Å². The fraction of sp³-hybridized carbons (Fsp3) is 0.250. The van der Waals surface area contributed by atoms with Gasteiger partial charge in [0.15, 0.2) is 5.78 Å². The van der Waals surface area contributed by atoms with Crippen LogP contribution in [0, 0.1) is 0 Å². The Morgan fingerprint density at radius 2 is 1.47 bits per heavy atom. The van der Waals surface area contributed by atoms with Crippen molar-refractivity contribution >= 4 is 29.2 Å². The van der Waals surface area contributed by atoms with Gasteiger partial charge in [0.2, 0.25) is 0 Å². The van der Waals surface area contributed by atoms with Crippen LogP contribution in [0.25, 0.3) is 5.53 Å². The van der Waals surface area contributed by atoms with Gasteiger partial charge in [-0.25, -0.2) is 4.79 Å². The van der Waals surface area contributed by atoms with E-state index in [-0.39, 0.29) is 31.1 Å². The number of carbonyl (C=O) groups is 4. The van der Waals surface area contributed by atoms with E-state index in [1.807, 2.05) is 0 Å². The van der Waals surface area contributed by atoms with E-state index in [1.54, 1.807) is 44.2 Å². The highest BCUT2D eigenvalue weighted by Crippen LogP contribution is 2.00. The molecule has 10 heteroatoms. The van der Waals surface area contributed by atoms with E-state index in [2.05, 4.69) is 24.2 Å². The summed E-state index contributed by atoms with van der Waals surface area (Å²) in [4.78, 5) is 55.4. The first-order valence-electron chi connectivity index (χ1n) is 8.89. The van der Waals surface area contributed by atoms with Gasteiger partial charge in [0, 0.05) is 12.4 Å². The SMILES string of the molecule is CCOC(=O)C(=[N+]=[N-])C(=O)c1ccccn1.CCOC(=O)CC(=O)c1ccccn1. The third kappa shape index (κ3) is 7.91. The van der Waals surface area contributed by atoms with Gasteiger partial charge in [0.25, 0.3) is 0 Å². The van der Waals surface area contributed by atoms with Crippen molar-refractivity contribution in [1.82, 2.24) is 9.97 Å². The van der Waals surface area contributed by atoms with E-state index in [9.17, 15) is 19.2 Å². The monoisotopic (exact) mass is 412 g/mol. The molecule has 2 heterocycles. The van der Waals surface area contributed by atoms with Crippen molar-refractivity contribution in [1.29, 1.82) is 0 Å². The zero-order chi connectivity index (χ0) is 22.4. The van der Waals surface area contributed by atoms with Gasteiger partial charge >= 0.3 is 23.4 Å². The summed E-state index contributed by atoms with van der Waals surface area (Å²) in [6, 6.07) is 9.60. The zero-order valence-corrected chi connectivity index (χ0v) is 16.5. The molecule has 2 aromatic rings. The van der Waals surface area contributed by atoms with Gasteiger partial charge in [-0.2, -0.15) is 4.79 Å². The summed E-state index contributed by atoms with van der Waals surface area (Å²) < 4.78 is 9.21. The van der Waals surface area contributed by atoms with E-state index in [1.165, 1.54) is 18.5 Å². The van der Waals surface area contributed by atoms with Crippen LogP contribution in [0.2, 0.25) is 0 Å². The average molecular weight is 412 g/mol. The van der Waals surface area contributed by atoms with Gasteiger partial charge in [-0.15, -0.1) is 0 Å². The van der Waals surface area contributed by atoms with Crippen LogP contribution < -0.4 is 0 Å². The lowest BCUT2D eigenvalue weighted by molar-refractivity contribution is -0.142. The fourth-order valence-electron chi connectivity index (χ4n) is 1.96. The largest absolute Gasteiger partial charge is 0.466 e. The second-order valence-corrected chi connectivity index (χ2v) is 5.33. The Hall–Kier alpha value is -4.04. The zero-order valence-electron chi connectivity index (χ0n) is 16.5. The van der Waals surface area contributed by atoms with Crippen LogP contribution in [0.5, 0.6) is 0 Å². The molecule has 0 N–H and O–H groups in total. The smallest absolute Gasteiger partial charge is 0.448 e. The lowest BCUT2D eigenvalue weighted by atomic mass is 10.1. The number of pyridine rings is 2. The minimum atomic E-state index is -0.972. The number of hydrogen-bond donors (Lipinski definition) is 0. The molecule has 0 saturated carbocycles. The molecule has 0 bridgehead atoms. The fourth-order valence-corrected chi connectivity index (χ4v) is 1.96. The molecule has 0 amide bonds. The number of ether oxygens (including phenoxy) is 2. The van der Waals surface area contributed by atoms with Crippen LogP contribution in [0.4, 0.5) is 0 Å². The third-order valence-electron chi connectivity index (χ3n) is 3.24. The van der Waals surface area contributed by atoms with Gasteiger partial charge in [-0.1, -0.05) is 12.1 Å². The van der Waals surface area contributed by atoms with E-state index >= 15 is 0 Å². The predicted molar refractivity (Wildman–Crippen MR) is 104 cm³/mol. The maximum atomic E-state index is 11.6. The first kappa shape index (κ1) is 24.0. The van der Waals surface area contributed by atoms with E-state index in [0.717, 1.165) is 0 Å². The average Bonchev–Trinajstić information content (AvgIpc) is 2.76. The van der Waals surface area contributed by atoms with Crippen molar-refractivity contribution < 1.29 is 33.4 Å². The number of esters is 2. The number of carbonyl (C=O) groups excluding carboxylic acids is 4. The van der Waals surface area contributed by atoms with Crippen molar-refractivity contribution in [3.8, 4) is 0 Å². The molecule has 0 aliphatic carbocycles. The van der Waals surface area contributed by atoms with Crippen LogP contribution >= 0.6 is 0 Å². The second kappa shape index (κ2) is 13.2. The molecule has 0 atom stereocenters. The number of ketones is 2. The quantitative estimate of drug-likeness (QED) is 0.159. The lowest BCUT2D eigenvalue weighted by Gasteiger charge is -2.00. The summed E-state index contributed by atoms with van der Waals surface area (Å²) in [6.07, 6.45) is 2.66. The highest BCUT2D eigenvalue weighted by Gasteiger charge is 2.32. The molecule has 30 heavy (non-hydrogen) atoms. The molecule has 0 aromatic carbocycles. The molecule has 0 unspecified atom stereocenters. The van der Waals surface area contributed by atoms with Crippen molar-refractivity contribution in [2.24, 2.45) is 0 Å². The highest BCUT2D eigenvalue weighted by atomic mass is 16.5. The van der Waals surface area contributed by atoms with Gasteiger partial charge in [-0.3, -0.25) is 24.4 Å². The third-order valence-corrected chi connectivity index (χ3v) is 3.24. The molecular formula is C20H20N4O6. The molecule has 0 fully saturated rings.